The molecule has 0 N–H and O–H groups in total. The maximum absolute atomic E-state index is 13.0. The number of halogens is 1. The molecule has 0 aliphatic heterocycles. The molecule has 0 atom stereocenters. The standard InChI is InChI=1S/C10H11FO/c1-6-4-5-9(11)7(2)10(6)8(3)12/h4-5H,1-3H3. The number of hydrogen-bond donors (Lipinski definition) is 0. The number of ketones is 1. The molecule has 64 valence electrons. The van der Waals surface area contributed by atoms with Crippen LogP contribution in [0.4, 0.5) is 4.39 Å². The highest BCUT2D eigenvalue weighted by Gasteiger charge is 2.10. The van der Waals surface area contributed by atoms with Crippen LogP contribution in [0, 0.1) is 19.7 Å². The summed E-state index contributed by atoms with van der Waals surface area (Å²) >= 11 is 0. The summed E-state index contributed by atoms with van der Waals surface area (Å²) in [7, 11) is 0. The van der Waals surface area contributed by atoms with Crippen LogP contribution in [0.3, 0.4) is 0 Å². The van der Waals surface area contributed by atoms with Crippen LogP contribution in [0.2, 0.25) is 0 Å². The van der Waals surface area contributed by atoms with Gasteiger partial charge in [0.1, 0.15) is 5.82 Å². The fourth-order valence-electron chi connectivity index (χ4n) is 1.36. The van der Waals surface area contributed by atoms with Gasteiger partial charge in [0, 0.05) is 5.56 Å². The van der Waals surface area contributed by atoms with E-state index in [0.29, 0.717) is 11.1 Å². The smallest absolute Gasteiger partial charge is 0.160 e. The van der Waals surface area contributed by atoms with Gasteiger partial charge >= 0.3 is 0 Å². The van der Waals surface area contributed by atoms with E-state index in [-0.39, 0.29) is 11.6 Å². The van der Waals surface area contributed by atoms with Crippen LogP contribution in [-0.2, 0) is 0 Å². The highest BCUT2D eigenvalue weighted by atomic mass is 19.1. The molecule has 0 fully saturated rings. The van der Waals surface area contributed by atoms with Gasteiger partial charge < -0.3 is 0 Å². The number of carbonyl (C=O) groups is 1. The predicted molar refractivity (Wildman–Crippen MR) is 45.9 cm³/mol. The van der Waals surface area contributed by atoms with Gasteiger partial charge in [-0.25, -0.2) is 4.39 Å². The van der Waals surface area contributed by atoms with E-state index < -0.39 is 0 Å². The van der Waals surface area contributed by atoms with Crippen molar-refractivity contribution in [3.8, 4) is 0 Å². The average molecular weight is 166 g/mol. The van der Waals surface area contributed by atoms with Crippen molar-refractivity contribution in [1.82, 2.24) is 0 Å². The van der Waals surface area contributed by atoms with Crippen molar-refractivity contribution in [1.29, 1.82) is 0 Å². The van der Waals surface area contributed by atoms with Crippen molar-refractivity contribution in [2.75, 3.05) is 0 Å². The minimum Gasteiger partial charge on any atom is -0.294 e. The monoisotopic (exact) mass is 166 g/mol. The third kappa shape index (κ3) is 1.37. The molecule has 0 aliphatic carbocycles. The van der Waals surface area contributed by atoms with Crippen LogP contribution in [0.5, 0.6) is 0 Å². The lowest BCUT2D eigenvalue weighted by atomic mass is 9.99. The molecule has 0 saturated heterocycles. The molecule has 0 unspecified atom stereocenters. The first-order chi connectivity index (χ1) is 5.54. The number of carbonyl (C=O) groups excluding carboxylic acids is 1. The molecule has 1 aromatic rings. The van der Waals surface area contributed by atoms with E-state index in [1.165, 1.54) is 13.0 Å². The molecule has 0 aromatic heterocycles. The Balaban J connectivity index is 3.43. The lowest BCUT2D eigenvalue weighted by molar-refractivity contribution is 0.101. The van der Waals surface area contributed by atoms with E-state index in [9.17, 15) is 9.18 Å². The predicted octanol–water partition coefficient (Wildman–Crippen LogP) is 2.65. The second-order valence-corrected chi connectivity index (χ2v) is 2.92. The maximum atomic E-state index is 13.0. The molecule has 0 spiro atoms. The Morgan fingerprint density at radius 1 is 1.33 bits per heavy atom. The molecular weight excluding hydrogens is 155 g/mol. The fraction of sp³-hybridized carbons (Fsp3) is 0.300. The third-order valence-corrected chi connectivity index (χ3v) is 1.96. The van der Waals surface area contributed by atoms with E-state index in [1.54, 1.807) is 13.0 Å². The lowest BCUT2D eigenvalue weighted by Crippen LogP contribution is -2.01. The maximum Gasteiger partial charge on any atom is 0.160 e. The van der Waals surface area contributed by atoms with Crippen molar-refractivity contribution in [2.45, 2.75) is 20.8 Å². The van der Waals surface area contributed by atoms with E-state index in [1.807, 2.05) is 6.92 Å². The molecule has 12 heavy (non-hydrogen) atoms. The van der Waals surface area contributed by atoms with Crippen molar-refractivity contribution in [2.24, 2.45) is 0 Å². The summed E-state index contributed by atoms with van der Waals surface area (Å²) in [5, 5.41) is 0. The molecule has 0 saturated carbocycles. The summed E-state index contributed by atoms with van der Waals surface area (Å²) in [4.78, 5) is 11.1. The molecule has 0 bridgehead atoms. The number of benzene rings is 1. The van der Waals surface area contributed by atoms with E-state index in [2.05, 4.69) is 0 Å². The molecule has 0 amide bonds. The summed E-state index contributed by atoms with van der Waals surface area (Å²) in [5.74, 6) is -0.393. The zero-order chi connectivity index (χ0) is 9.30. The van der Waals surface area contributed by atoms with Gasteiger partial charge in [0.15, 0.2) is 5.78 Å². The van der Waals surface area contributed by atoms with Crippen LogP contribution in [-0.4, -0.2) is 5.78 Å². The van der Waals surface area contributed by atoms with Crippen molar-refractivity contribution < 1.29 is 9.18 Å². The zero-order valence-corrected chi connectivity index (χ0v) is 7.44. The van der Waals surface area contributed by atoms with Crippen LogP contribution in [0.25, 0.3) is 0 Å². The van der Waals surface area contributed by atoms with Crippen molar-refractivity contribution in [3.63, 3.8) is 0 Å². The first-order valence-corrected chi connectivity index (χ1v) is 3.80. The molecule has 1 rings (SSSR count). The van der Waals surface area contributed by atoms with Crippen LogP contribution in [0.1, 0.15) is 28.4 Å². The van der Waals surface area contributed by atoms with Crippen LogP contribution in [0.15, 0.2) is 12.1 Å². The van der Waals surface area contributed by atoms with Crippen molar-refractivity contribution >= 4 is 5.78 Å². The summed E-state index contributed by atoms with van der Waals surface area (Å²) in [6.07, 6.45) is 0. The second-order valence-electron chi connectivity index (χ2n) is 2.92. The van der Waals surface area contributed by atoms with E-state index in [4.69, 9.17) is 0 Å². The van der Waals surface area contributed by atoms with Crippen molar-refractivity contribution in [3.05, 3.63) is 34.6 Å². The van der Waals surface area contributed by atoms with Gasteiger partial charge in [-0.1, -0.05) is 6.07 Å². The normalized spacial score (nSPS) is 10.0. The number of hydrogen-bond acceptors (Lipinski definition) is 1. The van der Waals surface area contributed by atoms with Gasteiger partial charge in [-0.2, -0.15) is 0 Å². The molecule has 1 nitrogen and oxygen atoms in total. The Kier molecular flexibility index (Phi) is 2.27. The Bertz CT molecular complexity index is 329. The second kappa shape index (κ2) is 3.05. The van der Waals surface area contributed by atoms with Gasteiger partial charge in [-0.3, -0.25) is 4.79 Å². The molecule has 0 radical (unpaired) electrons. The van der Waals surface area contributed by atoms with E-state index in [0.717, 1.165) is 5.56 Å². The summed E-state index contributed by atoms with van der Waals surface area (Å²) in [6, 6.07) is 3.01. The fourth-order valence-corrected chi connectivity index (χ4v) is 1.36. The highest BCUT2D eigenvalue weighted by molar-refractivity contribution is 5.96. The summed E-state index contributed by atoms with van der Waals surface area (Å²) in [5.41, 5.74) is 1.79. The largest absolute Gasteiger partial charge is 0.294 e. The number of rotatable bonds is 1. The minimum atomic E-state index is -0.314. The molecule has 0 aliphatic rings. The quantitative estimate of drug-likeness (QED) is 0.586. The molecule has 1 aromatic carbocycles. The first kappa shape index (κ1) is 8.91. The number of Topliss-reactive ketones (excluding diaryl/α,β-unsaturated/α-hetero) is 1. The van der Waals surface area contributed by atoms with Gasteiger partial charge in [0.05, 0.1) is 0 Å². The van der Waals surface area contributed by atoms with E-state index >= 15 is 0 Å². The SMILES string of the molecule is CC(=O)c1c(C)ccc(F)c1C. The Labute approximate surface area is 71.2 Å². The minimum absolute atomic E-state index is 0.0792. The molecule has 0 heterocycles. The Hall–Kier alpha value is -1.18. The third-order valence-electron chi connectivity index (χ3n) is 1.96. The van der Waals surface area contributed by atoms with Crippen LogP contribution >= 0.6 is 0 Å². The van der Waals surface area contributed by atoms with Gasteiger partial charge in [0.25, 0.3) is 0 Å². The molecular formula is C10H11FO. The zero-order valence-electron chi connectivity index (χ0n) is 7.44. The van der Waals surface area contributed by atoms with Gasteiger partial charge in [-0.05, 0) is 38.0 Å². The van der Waals surface area contributed by atoms with Gasteiger partial charge in [-0.15, -0.1) is 0 Å². The summed E-state index contributed by atoms with van der Waals surface area (Å²) in [6.45, 7) is 4.89. The number of aryl methyl sites for hydroxylation is 1. The Morgan fingerprint density at radius 2 is 1.92 bits per heavy atom. The van der Waals surface area contributed by atoms with Crippen LogP contribution < -0.4 is 0 Å². The first-order valence-electron chi connectivity index (χ1n) is 3.80. The molecule has 2 heteroatoms. The average Bonchev–Trinajstić information content (AvgIpc) is 1.97. The summed E-state index contributed by atoms with van der Waals surface area (Å²) < 4.78 is 13.0. The van der Waals surface area contributed by atoms with Gasteiger partial charge in [0.2, 0.25) is 0 Å². The topological polar surface area (TPSA) is 17.1 Å². The lowest BCUT2D eigenvalue weighted by Gasteiger charge is -2.06. The Morgan fingerprint density at radius 3 is 2.33 bits per heavy atom. The highest BCUT2D eigenvalue weighted by Crippen LogP contribution is 2.17.